The molecule has 19 heavy (non-hydrogen) atoms. The van der Waals surface area contributed by atoms with Gasteiger partial charge in [0, 0.05) is 18.2 Å². The van der Waals surface area contributed by atoms with Crippen molar-refractivity contribution >= 4 is 5.78 Å². The van der Waals surface area contributed by atoms with Crippen LogP contribution in [0, 0.1) is 5.92 Å². The number of nitrogens with zero attached hydrogens (tertiary/aromatic N) is 1. The normalized spacial score (nSPS) is 27.4. The minimum Gasteiger partial charge on any atom is -0.292 e. The van der Waals surface area contributed by atoms with Crippen LogP contribution < -0.4 is 0 Å². The average molecular weight is 257 g/mol. The van der Waals surface area contributed by atoms with Crippen LogP contribution in [0.25, 0.3) is 0 Å². The van der Waals surface area contributed by atoms with E-state index in [1.165, 1.54) is 0 Å². The summed E-state index contributed by atoms with van der Waals surface area (Å²) in [6, 6.07) is 10.2. The van der Waals surface area contributed by atoms with E-state index in [0.717, 1.165) is 24.9 Å². The van der Waals surface area contributed by atoms with Gasteiger partial charge in [0.1, 0.15) is 0 Å². The van der Waals surface area contributed by atoms with Crippen molar-refractivity contribution in [1.29, 1.82) is 0 Å². The third-order valence-electron chi connectivity index (χ3n) is 4.15. The summed E-state index contributed by atoms with van der Waals surface area (Å²) >= 11 is 0. The second-order valence-electron chi connectivity index (χ2n) is 5.44. The minimum absolute atomic E-state index is 0.00495. The zero-order valence-corrected chi connectivity index (χ0v) is 11.9. The molecule has 1 aromatic rings. The fraction of sp³-hybridized carbons (Fsp3) is 0.471. The third kappa shape index (κ3) is 2.79. The molecule has 0 radical (unpaired) electrons. The van der Waals surface area contributed by atoms with Gasteiger partial charge in [0.25, 0.3) is 0 Å². The van der Waals surface area contributed by atoms with Crippen molar-refractivity contribution in [2.45, 2.75) is 38.8 Å². The Kier molecular flexibility index (Phi) is 4.54. The molecule has 0 aromatic heterocycles. The molecule has 2 rings (SSSR count). The highest BCUT2D eigenvalue weighted by molar-refractivity contribution is 6.00. The van der Waals surface area contributed by atoms with Crippen LogP contribution in [0.1, 0.15) is 37.0 Å². The van der Waals surface area contributed by atoms with E-state index in [1.807, 2.05) is 36.4 Å². The van der Waals surface area contributed by atoms with E-state index in [9.17, 15) is 4.79 Å². The molecule has 1 aliphatic heterocycles. The molecule has 3 atom stereocenters. The number of rotatable bonds is 5. The zero-order chi connectivity index (χ0) is 13.8. The van der Waals surface area contributed by atoms with Crippen molar-refractivity contribution in [2.75, 3.05) is 6.54 Å². The maximum Gasteiger partial charge on any atom is 0.180 e. The predicted octanol–water partition coefficient (Wildman–Crippen LogP) is 3.54. The summed E-state index contributed by atoms with van der Waals surface area (Å²) in [7, 11) is 0. The number of Topliss-reactive ketones (excluding diaryl/α,β-unsaturated/α-hetero) is 1. The standard InChI is InChI=1S/C17H23NO/c1-4-11-18-15(5-2)12-13(3)16(18)17(19)14-9-7-6-8-10-14/h4,6-10,13,15-16H,1,5,11-12H2,2-3H3. The van der Waals surface area contributed by atoms with Crippen LogP contribution in [0.5, 0.6) is 0 Å². The second-order valence-corrected chi connectivity index (χ2v) is 5.44. The topological polar surface area (TPSA) is 20.3 Å². The highest BCUT2D eigenvalue weighted by atomic mass is 16.1. The van der Waals surface area contributed by atoms with Gasteiger partial charge in [-0.2, -0.15) is 0 Å². The van der Waals surface area contributed by atoms with Gasteiger partial charge in [-0.15, -0.1) is 6.58 Å². The van der Waals surface area contributed by atoms with Crippen LogP contribution in [-0.2, 0) is 0 Å². The number of carbonyl (C=O) groups is 1. The first-order valence-electron chi connectivity index (χ1n) is 7.15. The Morgan fingerprint density at radius 3 is 2.68 bits per heavy atom. The van der Waals surface area contributed by atoms with Crippen molar-refractivity contribution in [3.63, 3.8) is 0 Å². The number of carbonyl (C=O) groups excluding carboxylic acids is 1. The van der Waals surface area contributed by atoms with E-state index in [1.54, 1.807) is 0 Å². The van der Waals surface area contributed by atoms with Crippen LogP contribution in [0.3, 0.4) is 0 Å². The van der Waals surface area contributed by atoms with Crippen molar-refractivity contribution < 1.29 is 4.79 Å². The first kappa shape index (κ1) is 14.0. The van der Waals surface area contributed by atoms with Gasteiger partial charge >= 0.3 is 0 Å². The smallest absolute Gasteiger partial charge is 0.180 e. The van der Waals surface area contributed by atoms with Crippen LogP contribution in [0.15, 0.2) is 43.0 Å². The molecular formula is C17H23NO. The summed E-state index contributed by atoms with van der Waals surface area (Å²) in [4.78, 5) is 15.1. The summed E-state index contributed by atoms with van der Waals surface area (Å²) in [6.07, 6.45) is 4.11. The fourth-order valence-corrected chi connectivity index (χ4v) is 3.24. The van der Waals surface area contributed by atoms with Crippen molar-refractivity contribution in [1.82, 2.24) is 4.90 Å². The number of likely N-dealkylation sites (tertiary alicyclic amines) is 1. The van der Waals surface area contributed by atoms with E-state index >= 15 is 0 Å². The van der Waals surface area contributed by atoms with E-state index in [-0.39, 0.29) is 11.8 Å². The van der Waals surface area contributed by atoms with Gasteiger partial charge in [0.15, 0.2) is 5.78 Å². The third-order valence-corrected chi connectivity index (χ3v) is 4.15. The maximum absolute atomic E-state index is 12.7. The van der Waals surface area contributed by atoms with Gasteiger partial charge in [0.05, 0.1) is 6.04 Å². The fourth-order valence-electron chi connectivity index (χ4n) is 3.24. The summed E-state index contributed by atoms with van der Waals surface area (Å²) < 4.78 is 0. The lowest BCUT2D eigenvalue weighted by atomic mass is 9.94. The molecule has 0 saturated carbocycles. The van der Waals surface area contributed by atoms with Crippen LogP contribution in [-0.4, -0.2) is 29.3 Å². The molecule has 2 heteroatoms. The van der Waals surface area contributed by atoms with Gasteiger partial charge < -0.3 is 0 Å². The van der Waals surface area contributed by atoms with E-state index in [0.29, 0.717) is 12.0 Å². The first-order chi connectivity index (χ1) is 9.19. The molecule has 1 aromatic carbocycles. The molecule has 0 bridgehead atoms. The van der Waals surface area contributed by atoms with Crippen molar-refractivity contribution in [3.8, 4) is 0 Å². The zero-order valence-electron chi connectivity index (χ0n) is 11.9. The Balaban J connectivity index is 2.25. The van der Waals surface area contributed by atoms with E-state index in [2.05, 4.69) is 25.3 Å². The van der Waals surface area contributed by atoms with Gasteiger partial charge in [-0.25, -0.2) is 0 Å². The largest absolute Gasteiger partial charge is 0.292 e. The quantitative estimate of drug-likeness (QED) is 0.594. The SMILES string of the molecule is C=CCN1C(CC)CC(C)C1C(=O)c1ccccc1. The Labute approximate surface area is 116 Å². The Morgan fingerprint density at radius 1 is 1.42 bits per heavy atom. The van der Waals surface area contributed by atoms with Crippen LogP contribution in [0.4, 0.5) is 0 Å². The highest BCUT2D eigenvalue weighted by Gasteiger charge is 2.41. The lowest BCUT2D eigenvalue weighted by molar-refractivity contribution is 0.0819. The van der Waals surface area contributed by atoms with Gasteiger partial charge in [-0.1, -0.05) is 50.3 Å². The molecule has 0 spiro atoms. The number of hydrogen-bond donors (Lipinski definition) is 0. The molecule has 1 saturated heterocycles. The lowest BCUT2D eigenvalue weighted by Gasteiger charge is -2.28. The Hall–Kier alpha value is -1.41. The molecule has 0 amide bonds. The van der Waals surface area contributed by atoms with E-state index in [4.69, 9.17) is 0 Å². The molecule has 0 aliphatic carbocycles. The molecule has 3 unspecified atom stereocenters. The molecule has 2 nitrogen and oxygen atoms in total. The summed E-state index contributed by atoms with van der Waals surface area (Å²) in [6.45, 7) is 9.02. The molecule has 0 N–H and O–H groups in total. The number of hydrogen-bond acceptors (Lipinski definition) is 2. The highest BCUT2D eigenvalue weighted by Crippen LogP contribution is 2.33. The lowest BCUT2D eigenvalue weighted by Crippen LogP contribution is -2.42. The Morgan fingerprint density at radius 2 is 2.11 bits per heavy atom. The van der Waals surface area contributed by atoms with Gasteiger partial charge in [-0.3, -0.25) is 9.69 Å². The summed E-state index contributed by atoms with van der Waals surface area (Å²) in [5.74, 6) is 0.670. The Bertz CT molecular complexity index is 440. The van der Waals surface area contributed by atoms with Gasteiger partial charge in [-0.05, 0) is 18.8 Å². The molecular weight excluding hydrogens is 234 g/mol. The number of benzene rings is 1. The average Bonchev–Trinajstić information content (AvgIpc) is 2.75. The maximum atomic E-state index is 12.7. The molecule has 102 valence electrons. The monoisotopic (exact) mass is 257 g/mol. The molecule has 1 fully saturated rings. The second kappa shape index (κ2) is 6.16. The summed E-state index contributed by atoms with van der Waals surface area (Å²) in [5, 5.41) is 0. The van der Waals surface area contributed by atoms with E-state index < -0.39 is 0 Å². The molecule has 1 heterocycles. The van der Waals surface area contributed by atoms with Crippen molar-refractivity contribution in [2.24, 2.45) is 5.92 Å². The molecule has 1 aliphatic rings. The predicted molar refractivity (Wildman–Crippen MR) is 79.3 cm³/mol. The number of ketones is 1. The van der Waals surface area contributed by atoms with Crippen molar-refractivity contribution in [3.05, 3.63) is 48.6 Å². The summed E-state index contributed by atoms with van der Waals surface area (Å²) in [5.41, 5.74) is 0.824. The van der Waals surface area contributed by atoms with Crippen LogP contribution >= 0.6 is 0 Å². The van der Waals surface area contributed by atoms with Crippen LogP contribution in [0.2, 0.25) is 0 Å². The van der Waals surface area contributed by atoms with Gasteiger partial charge in [0.2, 0.25) is 0 Å². The minimum atomic E-state index is 0.00495. The first-order valence-corrected chi connectivity index (χ1v) is 7.15.